The van der Waals surface area contributed by atoms with E-state index < -0.39 is 0 Å². The zero-order valence-electron chi connectivity index (χ0n) is 8.02. The van der Waals surface area contributed by atoms with Crippen molar-refractivity contribution in [3.8, 4) is 0 Å². The maximum atomic E-state index is 7.70. The molecule has 0 aliphatic heterocycles. The standard InChI is InChI=1S/C8H17N3/c1-6(9)11(5)7(10)8(2,3)4/h9-10H,1-5H3/p+1. The Balaban J connectivity index is 4.67. The van der Waals surface area contributed by atoms with E-state index in [4.69, 9.17) is 11.1 Å². The molecular formula is C8H18N3+. The van der Waals surface area contributed by atoms with Crippen LogP contribution in [0, 0.1) is 10.8 Å². The van der Waals surface area contributed by atoms with Gasteiger partial charge in [-0.05, 0) is 0 Å². The largest absolute Gasteiger partial charge is 0.322 e. The zero-order chi connectivity index (χ0) is 9.23. The third-order valence-electron chi connectivity index (χ3n) is 1.57. The van der Waals surface area contributed by atoms with Crippen molar-refractivity contribution in [2.45, 2.75) is 27.7 Å². The maximum Gasteiger partial charge on any atom is 0.234 e. The normalized spacial score (nSPS) is 14.3. The number of hydrogen-bond acceptors (Lipinski definition) is 1. The summed E-state index contributed by atoms with van der Waals surface area (Å²) in [6.07, 6.45) is 0. The molecule has 0 aromatic heterocycles. The first-order valence-electron chi connectivity index (χ1n) is 3.68. The molecule has 3 nitrogen and oxygen atoms in total. The van der Waals surface area contributed by atoms with Crippen LogP contribution in [-0.2, 0) is 0 Å². The Kier molecular flexibility index (Phi) is 2.79. The summed E-state index contributed by atoms with van der Waals surface area (Å²) in [5, 5.41) is 7.70. The highest BCUT2D eigenvalue weighted by Gasteiger charge is 2.23. The fraction of sp³-hybridized carbons (Fsp3) is 0.750. The van der Waals surface area contributed by atoms with Crippen LogP contribution < -0.4 is 5.73 Å². The van der Waals surface area contributed by atoms with E-state index in [0.29, 0.717) is 11.7 Å². The van der Waals surface area contributed by atoms with E-state index in [-0.39, 0.29) is 5.41 Å². The summed E-state index contributed by atoms with van der Waals surface area (Å²) in [6.45, 7) is 7.78. The van der Waals surface area contributed by atoms with E-state index >= 15 is 0 Å². The van der Waals surface area contributed by atoms with Gasteiger partial charge in [0.05, 0.1) is 12.5 Å². The van der Waals surface area contributed by atoms with Crippen molar-refractivity contribution in [1.29, 1.82) is 5.41 Å². The number of rotatable bonds is 0. The molecule has 0 bridgehead atoms. The van der Waals surface area contributed by atoms with Gasteiger partial charge in [0.1, 0.15) is 0 Å². The molecule has 3 N–H and O–H groups in total. The summed E-state index contributed by atoms with van der Waals surface area (Å²) in [4.78, 5) is 0. The van der Waals surface area contributed by atoms with Gasteiger partial charge in [0, 0.05) is 6.92 Å². The molecule has 0 rings (SSSR count). The zero-order valence-corrected chi connectivity index (χ0v) is 8.02. The van der Waals surface area contributed by atoms with E-state index in [1.807, 2.05) is 27.8 Å². The summed E-state index contributed by atoms with van der Waals surface area (Å²) in [5.41, 5.74) is 5.41. The molecule has 64 valence electrons. The molecule has 0 amide bonds. The summed E-state index contributed by atoms with van der Waals surface area (Å²) in [6, 6.07) is 0. The average molecular weight is 156 g/mol. The van der Waals surface area contributed by atoms with Crippen LogP contribution in [0.2, 0.25) is 0 Å². The van der Waals surface area contributed by atoms with Gasteiger partial charge in [-0.2, -0.15) is 5.41 Å². The van der Waals surface area contributed by atoms with E-state index in [9.17, 15) is 0 Å². The molecule has 0 aliphatic rings. The Labute approximate surface area is 68.4 Å². The van der Waals surface area contributed by atoms with Gasteiger partial charge in [-0.15, -0.1) is 0 Å². The van der Waals surface area contributed by atoms with Crippen LogP contribution in [0.25, 0.3) is 0 Å². The first-order valence-corrected chi connectivity index (χ1v) is 3.68. The van der Waals surface area contributed by atoms with Crippen molar-refractivity contribution >= 4 is 11.7 Å². The Morgan fingerprint density at radius 2 is 1.73 bits per heavy atom. The Morgan fingerprint density at radius 1 is 1.36 bits per heavy atom. The van der Waals surface area contributed by atoms with Gasteiger partial charge >= 0.3 is 0 Å². The number of amidine groups is 2. The first-order chi connectivity index (χ1) is 4.76. The van der Waals surface area contributed by atoms with Gasteiger partial charge < -0.3 is 5.73 Å². The lowest BCUT2D eigenvalue weighted by molar-refractivity contribution is -0.383. The molecule has 0 atom stereocenters. The molecule has 0 aromatic rings. The molecule has 11 heavy (non-hydrogen) atoms. The highest BCUT2D eigenvalue weighted by molar-refractivity contribution is 5.84. The Bertz CT molecular complexity index is 192. The van der Waals surface area contributed by atoms with Gasteiger partial charge in [0.2, 0.25) is 5.84 Å². The van der Waals surface area contributed by atoms with Crippen LogP contribution >= 0.6 is 0 Å². The second kappa shape index (κ2) is 3.03. The van der Waals surface area contributed by atoms with Crippen molar-refractivity contribution in [2.24, 2.45) is 11.1 Å². The van der Waals surface area contributed by atoms with Crippen LogP contribution in [0.1, 0.15) is 27.7 Å². The Hall–Kier alpha value is -0.860. The minimum atomic E-state index is -0.130. The highest BCUT2D eigenvalue weighted by atomic mass is 15.1. The van der Waals surface area contributed by atoms with Crippen LogP contribution in [0.15, 0.2) is 0 Å². The van der Waals surface area contributed by atoms with Crippen molar-refractivity contribution < 1.29 is 4.58 Å². The quantitative estimate of drug-likeness (QED) is 0.307. The third-order valence-corrected chi connectivity index (χ3v) is 1.57. The van der Waals surface area contributed by atoms with Gasteiger partial charge in [-0.3, -0.25) is 0 Å². The predicted molar refractivity (Wildman–Crippen MR) is 48.2 cm³/mol. The van der Waals surface area contributed by atoms with E-state index in [2.05, 4.69) is 0 Å². The second-order valence-corrected chi connectivity index (χ2v) is 3.80. The van der Waals surface area contributed by atoms with E-state index in [1.165, 1.54) is 0 Å². The molecular weight excluding hydrogens is 138 g/mol. The lowest BCUT2D eigenvalue weighted by atomic mass is 9.95. The molecule has 0 aliphatic carbocycles. The van der Waals surface area contributed by atoms with Gasteiger partial charge in [-0.25, -0.2) is 4.58 Å². The van der Waals surface area contributed by atoms with Crippen LogP contribution in [-0.4, -0.2) is 23.3 Å². The summed E-state index contributed by atoms with van der Waals surface area (Å²) in [5.74, 6) is 1.20. The minimum Gasteiger partial charge on any atom is -0.322 e. The molecule has 0 unspecified atom stereocenters. The fourth-order valence-electron chi connectivity index (χ4n) is 0.679. The van der Waals surface area contributed by atoms with E-state index in [0.717, 1.165) is 0 Å². The number of nitrogens with one attached hydrogen (secondary N) is 1. The molecule has 0 fully saturated rings. The number of nitrogens with zero attached hydrogens (tertiary/aromatic N) is 1. The van der Waals surface area contributed by atoms with Crippen LogP contribution in [0.4, 0.5) is 0 Å². The van der Waals surface area contributed by atoms with Crippen molar-refractivity contribution in [2.75, 3.05) is 7.05 Å². The van der Waals surface area contributed by atoms with E-state index in [1.54, 1.807) is 11.5 Å². The molecule has 3 heteroatoms. The smallest absolute Gasteiger partial charge is 0.234 e. The summed E-state index contributed by atoms with van der Waals surface area (Å²) >= 11 is 0. The average Bonchev–Trinajstić information content (AvgIpc) is 1.82. The molecule has 0 saturated carbocycles. The summed E-state index contributed by atoms with van der Waals surface area (Å²) in [7, 11) is 1.81. The van der Waals surface area contributed by atoms with Crippen molar-refractivity contribution in [1.82, 2.24) is 0 Å². The molecule has 0 spiro atoms. The SMILES string of the molecule is CC(N)=[N+](C)C(=N)C(C)(C)C. The maximum absolute atomic E-state index is 7.70. The van der Waals surface area contributed by atoms with Gasteiger partial charge in [0.15, 0.2) is 5.84 Å². The number of hydrogen-bond donors (Lipinski definition) is 2. The molecule has 0 heterocycles. The Morgan fingerprint density at radius 3 is 1.82 bits per heavy atom. The van der Waals surface area contributed by atoms with Crippen molar-refractivity contribution in [3.05, 3.63) is 0 Å². The number of nitrogens with two attached hydrogens (primary N) is 1. The predicted octanol–water partition coefficient (Wildman–Crippen LogP) is 1.03. The van der Waals surface area contributed by atoms with Gasteiger partial charge in [-0.1, -0.05) is 20.8 Å². The fourth-order valence-corrected chi connectivity index (χ4v) is 0.679. The lowest BCUT2D eigenvalue weighted by Crippen LogP contribution is -2.35. The summed E-state index contributed by atoms with van der Waals surface area (Å²) < 4.78 is 1.69. The van der Waals surface area contributed by atoms with Gasteiger partial charge in [0.25, 0.3) is 0 Å². The molecule has 0 saturated heterocycles. The second-order valence-electron chi connectivity index (χ2n) is 3.80. The topological polar surface area (TPSA) is 52.9 Å². The monoisotopic (exact) mass is 156 g/mol. The lowest BCUT2D eigenvalue weighted by Gasteiger charge is -2.17. The third kappa shape index (κ3) is 2.70. The molecule has 0 aromatic carbocycles. The minimum absolute atomic E-state index is 0.130. The highest BCUT2D eigenvalue weighted by Crippen LogP contribution is 2.14. The van der Waals surface area contributed by atoms with Crippen LogP contribution in [0.3, 0.4) is 0 Å². The van der Waals surface area contributed by atoms with Crippen molar-refractivity contribution in [3.63, 3.8) is 0 Å². The van der Waals surface area contributed by atoms with Crippen LogP contribution in [0.5, 0.6) is 0 Å². The molecule has 0 radical (unpaired) electrons. The first kappa shape index (κ1) is 10.1.